The van der Waals surface area contributed by atoms with E-state index in [-0.39, 0.29) is 18.0 Å². The molecule has 2 aromatic carbocycles. The molecule has 0 saturated heterocycles. The molecule has 0 spiro atoms. The molecule has 218 valence electrons. The minimum absolute atomic E-state index is 0.0729. The van der Waals surface area contributed by atoms with Crippen LogP contribution in [0.5, 0.6) is 5.75 Å². The highest BCUT2D eigenvalue weighted by molar-refractivity contribution is 5.76. The van der Waals surface area contributed by atoms with Gasteiger partial charge in [0.1, 0.15) is 5.75 Å². The number of nitrogens with two attached hydrogens (primary N) is 1. The summed E-state index contributed by atoms with van der Waals surface area (Å²) in [5.41, 5.74) is 12.0. The van der Waals surface area contributed by atoms with Gasteiger partial charge in [-0.25, -0.2) is 0 Å². The summed E-state index contributed by atoms with van der Waals surface area (Å²) in [4.78, 5) is 12.7. The minimum atomic E-state index is -0.107. The Labute approximate surface area is 236 Å². The van der Waals surface area contributed by atoms with Crippen LogP contribution in [0, 0.1) is 26.7 Å². The first-order valence-corrected chi connectivity index (χ1v) is 14.4. The van der Waals surface area contributed by atoms with E-state index in [2.05, 4.69) is 62.6 Å². The molecular formula is C32H51N3O4. The highest BCUT2D eigenvalue weighted by atomic mass is 16.5. The number of methoxy groups -OCH3 is 1. The molecule has 4 N–H and O–H groups in total. The van der Waals surface area contributed by atoms with Crippen molar-refractivity contribution in [2.24, 2.45) is 11.7 Å². The summed E-state index contributed by atoms with van der Waals surface area (Å²) in [6.07, 6.45) is 3.80. The molecule has 0 aliphatic rings. The number of benzene rings is 2. The van der Waals surface area contributed by atoms with Gasteiger partial charge in [-0.05, 0) is 80.0 Å². The van der Waals surface area contributed by atoms with E-state index in [4.69, 9.17) is 19.9 Å². The lowest BCUT2D eigenvalue weighted by Gasteiger charge is -2.25. The van der Waals surface area contributed by atoms with Gasteiger partial charge in [-0.15, -0.1) is 0 Å². The molecule has 2 aromatic rings. The Kier molecular flexibility index (Phi) is 14.9. The molecule has 7 heteroatoms. The highest BCUT2D eigenvalue weighted by Gasteiger charge is 2.18. The van der Waals surface area contributed by atoms with E-state index >= 15 is 0 Å². The van der Waals surface area contributed by atoms with Crippen LogP contribution in [-0.2, 0) is 20.9 Å². The number of rotatable bonds is 19. The van der Waals surface area contributed by atoms with Gasteiger partial charge in [0, 0.05) is 50.9 Å². The van der Waals surface area contributed by atoms with Crippen LogP contribution in [0.2, 0.25) is 0 Å². The summed E-state index contributed by atoms with van der Waals surface area (Å²) < 4.78 is 16.8. The third-order valence-corrected chi connectivity index (χ3v) is 7.01. The molecule has 0 heterocycles. The van der Waals surface area contributed by atoms with Crippen LogP contribution in [0.4, 0.5) is 5.69 Å². The zero-order valence-electron chi connectivity index (χ0n) is 25.0. The minimum Gasteiger partial charge on any atom is -0.493 e. The van der Waals surface area contributed by atoms with E-state index in [0.29, 0.717) is 45.3 Å². The smallest absolute Gasteiger partial charge is 0.220 e. The molecule has 3 atom stereocenters. The van der Waals surface area contributed by atoms with Gasteiger partial charge in [-0.1, -0.05) is 38.5 Å². The van der Waals surface area contributed by atoms with E-state index in [1.54, 1.807) is 7.11 Å². The Morgan fingerprint density at radius 2 is 1.77 bits per heavy atom. The fourth-order valence-electron chi connectivity index (χ4n) is 4.47. The second-order valence-corrected chi connectivity index (χ2v) is 10.8. The maximum atomic E-state index is 12.7. The number of amides is 1. The Hall–Kier alpha value is -2.61. The average Bonchev–Trinajstić information content (AvgIpc) is 2.89. The Balaban J connectivity index is 1.70. The van der Waals surface area contributed by atoms with E-state index in [1.165, 1.54) is 11.1 Å². The third kappa shape index (κ3) is 12.9. The maximum Gasteiger partial charge on any atom is 0.220 e. The summed E-state index contributed by atoms with van der Waals surface area (Å²) in [5, 5.41) is 6.76. The molecule has 1 amide bonds. The van der Waals surface area contributed by atoms with Crippen molar-refractivity contribution in [1.29, 1.82) is 0 Å². The molecule has 0 aromatic heterocycles. The normalized spacial score (nSPS) is 13.5. The number of aryl methyl sites for hydroxylation is 3. The zero-order valence-corrected chi connectivity index (χ0v) is 25.0. The lowest BCUT2D eigenvalue weighted by atomic mass is 9.98. The molecule has 2 rings (SSSR count). The largest absolute Gasteiger partial charge is 0.493 e. The number of nitrogens with one attached hydrogen (secondary N) is 2. The van der Waals surface area contributed by atoms with E-state index in [0.717, 1.165) is 48.2 Å². The Bertz CT molecular complexity index is 977. The Morgan fingerprint density at radius 1 is 1.03 bits per heavy atom. The molecular weight excluding hydrogens is 490 g/mol. The summed E-state index contributed by atoms with van der Waals surface area (Å²) >= 11 is 0. The fourth-order valence-corrected chi connectivity index (χ4v) is 4.47. The van der Waals surface area contributed by atoms with Crippen molar-refractivity contribution in [3.8, 4) is 5.75 Å². The first kappa shape index (κ1) is 32.6. The van der Waals surface area contributed by atoms with Crippen molar-refractivity contribution in [2.75, 3.05) is 38.8 Å². The second kappa shape index (κ2) is 17.9. The van der Waals surface area contributed by atoms with Crippen LogP contribution >= 0.6 is 0 Å². The van der Waals surface area contributed by atoms with Crippen LogP contribution in [0.3, 0.4) is 0 Å². The topological polar surface area (TPSA) is 94.8 Å². The van der Waals surface area contributed by atoms with E-state index in [1.807, 2.05) is 19.1 Å². The first-order chi connectivity index (χ1) is 18.7. The van der Waals surface area contributed by atoms with Crippen LogP contribution in [-0.4, -0.2) is 51.5 Å². The maximum absolute atomic E-state index is 12.7. The van der Waals surface area contributed by atoms with Crippen molar-refractivity contribution in [3.05, 3.63) is 58.7 Å². The van der Waals surface area contributed by atoms with E-state index < -0.39 is 0 Å². The van der Waals surface area contributed by atoms with Gasteiger partial charge in [0.05, 0.1) is 19.8 Å². The monoisotopic (exact) mass is 541 g/mol. The fraction of sp³-hybridized carbons (Fsp3) is 0.594. The van der Waals surface area contributed by atoms with Gasteiger partial charge < -0.3 is 30.6 Å². The molecule has 0 saturated carbocycles. The predicted molar refractivity (Wildman–Crippen MR) is 160 cm³/mol. The molecule has 0 aliphatic heterocycles. The lowest BCUT2D eigenvalue weighted by molar-refractivity contribution is -0.122. The van der Waals surface area contributed by atoms with Crippen molar-refractivity contribution in [2.45, 2.75) is 85.4 Å². The molecule has 0 fully saturated rings. The number of hydrogen-bond acceptors (Lipinski definition) is 6. The average molecular weight is 542 g/mol. The molecule has 2 unspecified atom stereocenters. The SMILES string of the molecule is CC[C@H](C)C(CNc1cc(C)cc(C)c1)NC(=O)CCCC(N)COCc1ccc(C)c(OCCCOC)c1. The summed E-state index contributed by atoms with van der Waals surface area (Å²) in [6, 6.07) is 12.5. The van der Waals surface area contributed by atoms with Crippen LogP contribution in [0.25, 0.3) is 0 Å². The number of ether oxygens (including phenoxy) is 3. The van der Waals surface area contributed by atoms with Gasteiger partial charge in [-0.3, -0.25) is 4.79 Å². The molecule has 7 nitrogen and oxygen atoms in total. The summed E-state index contributed by atoms with van der Waals surface area (Å²) in [6.45, 7) is 13.5. The third-order valence-electron chi connectivity index (χ3n) is 7.01. The first-order valence-electron chi connectivity index (χ1n) is 14.4. The summed E-state index contributed by atoms with van der Waals surface area (Å²) in [5.74, 6) is 1.33. The number of carbonyl (C=O) groups excluding carboxylic acids is 1. The molecule has 39 heavy (non-hydrogen) atoms. The Morgan fingerprint density at radius 3 is 2.46 bits per heavy atom. The second-order valence-electron chi connectivity index (χ2n) is 10.8. The highest BCUT2D eigenvalue weighted by Crippen LogP contribution is 2.21. The van der Waals surface area contributed by atoms with Crippen LogP contribution < -0.4 is 21.1 Å². The lowest BCUT2D eigenvalue weighted by Crippen LogP contribution is -2.44. The zero-order chi connectivity index (χ0) is 28.6. The van der Waals surface area contributed by atoms with Crippen molar-refractivity contribution < 1.29 is 19.0 Å². The summed E-state index contributed by atoms with van der Waals surface area (Å²) in [7, 11) is 1.69. The van der Waals surface area contributed by atoms with E-state index in [9.17, 15) is 4.79 Å². The molecule has 0 bridgehead atoms. The quantitative estimate of drug-likeness (QED) is 0.198. The van der Waals surface area contributed by atoms with Gasteiger partial charge >= 0.3 is 0 Å². The van der Waals surface area contributed by atoms with Crippen molar-refractivity contribution >= 4 is 11.6 Å². The standard InChI is InChI=1S/C32H51N3O4/c1-7-25(4)30(20-34-29-17-23(2)16-24(3)18-29)35-32(36)11-8-10-28(33)22-38-21-27-13-12-26(5)31(19-27)39-15-9-14-37-6/h12-13,16-19,25,28,30,34H,7-11,14-15,20-22,33H2,1-6H3,(H,35,36)/t25-,28?,30?/m0/s1. The van der Waals surface area contributed by atoms with Crippen LogP contribution in [0.15, 0.2) is 36.4 Å². The van der Waals surface area contributed by atoms with Crippen molar-refractivity contribution in [1.82, 2.24) is 5.32 Å². The van der Waals surface area contributed by atoms with Crippen molar-refractivity contribution in [3.63, 3.8) is 0 Å². The number of anilines is 1. The molecule has 0 radical (unpaired) electrons. The van der Waals surface area contributed by atoms with Gasteiger partial charge in [0.15, 0.2) is 0 Å². The predicted octanol–water partition coefficient (Wildman–Crippen LogP) is 5.68. The van der Waals surface area contributed by atoms with Crippen LogP contribution in [0.1, 0.15) is 68.2 Å². The van der Waals surface area contributed by atoms with Gasteiger partial charge in [-0.2, -0.15) is 0 Å². The number of hydrogen-bond donors (Lipinski definition) is 3. The molecule has 0 aliphatic carbocycles. The van der Waals surface area contributed by atoms with Gasteiger partial charge in [0.25, 0.3) is 0 Å². The number of carbonyl (C=O) groups is 1. The van der Waals surface area contributed by atoms with Gasteiger partial charge in [0.2, 0.25) is 5.91 Å².